The number of ether oxygens (including phenoxy) is 4. The van der Waals surface area contributed by atoms with Gasteiger partial charge in [-0.1, -0.05) is 19.9 Å². The standard InChI is InChI=1S/C29H29N3O7/c1-29(2)12-20(33)26-23(13-29)39-27(31)19(14-30)25(26)17-7-10-21(22(11-17)36-3)38-15-24(34)32-18-8-5-16(6-9-18)28(35)37-4/h5-11,25H,12-13,15,31H2,1-4H3,(H,32,34)/t25-/m0/s1. The summed E-state index contributed by atoms with van der Waals surface area (Å²) in [6.07, 6.45) is 0.839. The zero-order chi connectivity index (χ0) is 28.3. The van der Waals surface area contributed by atoms with Gasteiger partial charge in [0.1, 0.15) is 17.4 Å². The molecule has 202 valence electrons. The fourth-order valence-corrected chi connectivity index (χ4v) is 4.75. The number of rotatable bonds is 7. The molecule has 0 bridgehead atoms. The number of methoxy groups -OCH3 is 2. The molecule has 1 atom stereocenters. The van der Waals surface area contributed by atoms with Gasteiger partial charge in [-0.15, -0.1) is 0 Å². The lowest BCUT2D eigenvalue weighted by atomic mass is 9.70. The predicted octanol–water partition coefficient (Wildman–Crippen LogP) is 3.95. The van der Waals surface area contributed by atoms with Gasteiger partial charge in [0.15, 0.2) is 23.9 Å². The topological polar surface area (TPSA) is 150 Å². The summed E-state index contributed by atoms with van der Waals surface area (Å²) in [6, 6.07) is 13.3. The minimum absolute atomic E-state index is 0.0256. The van der Waals surface area contributed by atoms with Crippen LogP contribution in [0, 0.1) is 16.7 Å². The number of nitrogens with one attached hydrogen (secondary N) is 1. The van der Waals surface area contributed by atoms with Crippen LogP contribution >= 0.6 is 0 Å². The number of carbonyl (C=O) groups is 3. The first kappa shape index (κ1) is 27.3. The van der Waals surface area contributed by atoms with E-state index in [1.54, 1.807) is 30.3 Å². The van der Waals surface area contributed by atoms with Gasteiger partial charge < -0.3 is 30.0 Å². The van der Waals surface area contributed by atoms with E-state index in [0.29, 0.717) is 52.5 Å². The first-order valence-corrected chi connectivity index (χ1v) is 12.2. The monoisotopic (exact) mass is 531 g/mol. The van der Waals surface area contributed by atoms with E-state index in [1.165, 1.54) is 26.4 Å². The number of carbonyl (C=O) groups excluding carboxylic acids is 3. The van der Waals surface area contributed by atoms with Crippen LogP contribution in [-0.2, 0) is 19.1 Å². The van der Waals surface area contributed by atoms with Crippen LogP contribution in [0.25, 0.3) is 0 Å². The number of anilines is 1. The third-order valence-electron chi connectivity index (χ3n) is 6.54. The molecule has 1 amide bonds. The van der Waals surface area contributed by atoms with Crippen molar-refractivity contribution in [2.75, 3.05) is 26.1 Å². The molecule has 1 heterocycles. The highest BCUT2D eigenvalue weighted by Crippen LogP contribution is 2.48. The van der Waals surface area contributed by atoms with E-state index < -0.39 is 17.8 Å². The van der Waals surface area contributed by atoms with Crippen molar-refractivity contribution >= 4 is 23.3 Å². The van der Waals surface area contributed by atoms with Crippen LogP contribution in [-0.4, -0.2) is 38.5 Å². The lowest BCUT2D eigenvalue weighted by Crippen LogP contribution is -2.33. The maximum atomic E-state index is 13.2. The summed E-state index contributed by atoms with van der Waals surface area (Å²) in [5.74, 6) is -0.638. The summed E-state index contributed by atoms with van der Waals surface area (Å²) in [4.78, 5) is 37.2. The number of Topliss-reactive ketones (excluding diaryl/α,β-unsaturated/α-hetero) is 1. The Kier molecular flexibility index (Phi) is 7.63. The molecule has 2 aromatic carbocycles. The molecule has 4 rings (SSSR count). The molecular weight excluding hydrogens is 502 g/mol. The van der Waals surface area contributed by atoms with E-state index in [4.69, 9.17) is 19.9 Å². The SMILES string of the molecule is COC(=O)c1ccc(NC(=O)COc2ccc([C@H]3C(C#N)=C(N)OC4=C3C(=O)CC(C)(C)C4)cc2OC)cc1. The van der Waals surface area contributed by atoms with Crippen molar-refractivity contribution in [1.82, 2.24) is 0 Å². The van der Waals surface area contributed by atoms with Gasteiger partial charge in [-0.2, -0.15) is 5.26 Å². The van der Waals surface area contributed by atoms with E-state index in [1.807, 2.05) is 13.8 Å². The van der Waals surface area contributed by atoms with Gasteiger partial charge in [0.2, 0.25) is 5.88 Å². The molecule has 0 radical (unpaired) electrons. The quantitative estimate of drug-likeness (QED) is 0.506. The van der Waals surface area contributed by atoms with Crippen LogP contribution in [0.2, 0.25) is 0 Å². The zero-order valence-corrected chi connectivity index (χ0v) is 22.1. The van der Waals surface area contributed by atoms with E-state index in [0.717, 1.165) is 0 Å². The second-order valence-electron chi connectivity index (χ2n) is 10.0. The number of hydrogen-bond donors (Lipinski definition) is 2. The number of esters is 1. The van der Waals surface area contributed by atoms with Crippen molar-refractivity contribution in [2.24, 2.45) is 11.1 Å². The first-order valence-electron chi connectivity index (χ1n) is 12.2. The Labute approximate surface area is 226 Å². The Morgan fingerprint density at radius 2 is 1.85 bits per heavy atom. The van der Waals surface area contributed by atoms with E-state index in [-0.39, 0.29) is 29.3 Å². The van der Waals surface area contributed by atoms with E-state index in [2.05, 4.69) is 16.1 Å². The van der Waals surface area contributed by atoms with Gasteiger partial charge in [-0.3, -0.25) is 9.59 Å². The number of nitrogens with two attached hydrogens (primary N) is 1. The molecule has 1 aliphatic heterocycles. The average molecular weight is 532 g/mol. The highest BCUT2D eigenvalue weighted by molar-refractivity contribution is 6.00. The minimum Gasteiger partial charge on any atom is -0.493 e. The molecule has 0 unspecified atom stereocenters. The molecule has 0 saturated heterocycles. The summed E-state index contributed by atoms with van der Waals surface area (Å²) < 4.78 is 21.6. The Hall–Kier alpha value is -4.78. The van der Waals surface area contributed by atoms with Crippen molar-refractivity contribution in [2.45, 2.75) is 32.6 Å². The zero-order valence-electron chi connectivity index (χ0n) is 22.1. The number of nitriles is 1. The van der Waals surface area contributed by atoms with E-state index in [9.17, 15) is 19.6 Å². The Bertz CT molecular complexity index is 1430. The Balaban J connectivity index is 1.53. The first-order chi connectivity index (χ1) is 18.6. The fraction of sp³-hybridized carbons (Fsp3) is 0.310. The molecule has 10 nitrogen and oxygen atoms in total. The maximum Gasteiger partial charge on any atom is 0.337 e. The summed E-state index contributed by atoms with van der Waals surface area (Å²) in [6.45, 7) is 3.65. The number of hydrogen-bond acceptors (Lipinski definition) is 9. The highest BCUT2D eigenvalue weighted by atomic mass is 16.5. The number of nitrogens with zero attached hydrogens (tertiary/aromatic N) is 1. The molecule has 2 aromatic rings. The molecule has 0 fully saturated rings. The van der Waals surface area contributed by atoms with Gasteiger partial charge >= 0.3 is 5.97 Å². The molecule has 1 aliphatic carbocycles. The maximum absolute atomic E-state index is 13.2. The number of benzene rings is 2. The molecule has 10 heteroatoms. The van der Waals surface area contributed by atoms with E-state index >= 15 is 0 Å². The molecule has 0 saturated carbocycles. The van der Waals surface area contributed by atoms with Crippen molar-refractivity contribution in [3.05, 3.63) is 76.4 Å². The summed E-state index contributed by atoms with van der Waals surface area (Å²) in [5.41, 5.74) is 7.84. The van der Waals surface area contributed by atoms with Crippen LogP contribution in [0.4, 0.5) is 5.69 Å². The number of amides is 1. The average Bonchev–Trinajstić information content (AvgIpc) is 2.90. The molecule has 2 aliphatic rings. The molecule has 0 spiro atoms. The van der Waals surface area contributed by atoms with Crippen molar-refractivity contribution < 1.29 is 33.3 Å². The molecule has 0 aromatic heterocycles. The largest absolute Gasteiger partial charge is 0.493 e. The Morgan fingerprint density at radius 1 is 1.13 bits per heavy atom. The molecule has 3 N–H and O–H groups in total. The summed E-state index contributed by atoms with van der Waals surface area (Å²) in [5, 5.41) is 12.5. The van der Waals surface area contributed by atoms with Gasteiger partial charge in [-0.25, -0.2) is 4.79 Å². The highest BCUT2D eigenvalue weighted by Gasteiger charge is 2.43. The third-order valence-corrected chi connectivity index (χ3v) is 6.54. The second-order valence-corrected chi connectivity index (χ2v) is 10.0. The van der Waals surface area contributed by atoms with Gasteiger partial charge in [-0.05, 0) is 47.4 Å². The fourth-order valence-electron chi connectivity index (χ4n) is 4.75. The summed E-state index contributed by atoms with van der Waals surface area (Å²) >= 11 is 0. The minimum atomic E-state index is -0.707. The van der Waals surface area contributed by atoms with Crippen molar-refractivity contribution in [1.29, 1.82) is 5.26 Å². The van der Waals surface area contributed by atoms with Crippen LogP contribution in [0.1, 0.15) is 48.5 Å². The van der Waals surface area contributed by atoms with Crippen LogP contribution in [0.5, 0.6) is 11.5 Å². The predicted molar refractivity (Wildman–Crippen MR) is 141 cm³/mol. The lowest BCUT2D eigenvalue weighted by Gasteiger charge is -2.37. The van der Waals surface area contributed by atoms with Crippen LogP contribution in [0.15, 0.2) is 65.3 Å². The Morgan fingerprint density at radius 3 is 2.49 bits per heavy atom. The lowest BCUT2D eigenvalue weighted by molar-refractivity contribution is -0.119. The third kappa shape index (κ3) is 5.72. The smallest absolute Gasteiger partial charge is 0.337 e. The second kappa shape index (κ2) is 10.9. The molecule has 39 heavy (non-hydrogen) atoms. The van der Waals surface area contributed by atoms with Crippen molar-refractivity contribution in [3.63, 3.8) is 0 Å². The van der Waals surface area contributed by atoms with Crippen molar-refractivity contribution in [3.8, 4) is 17.6 Å². The summed E-state index contributed by atoms with van der Waals surface area (Å²) in [7, 11) is 2.74. The van der Waals surface area contributed by atoms with Gasteiger partial charge in [0.25, 0.3) is 5.91 Å². The number of allylic oxidation sites excluding steroid dienone is 3. The van der Waals surface area contributed by atoms with Crippen LogP contribution < -0.4 is 20.5 Å². The molecular formula is C29H29N3O7. The normalized spacial score (nSPS) is 17.9. The number of ketones is 1. The van der Waals surface area contributed by atoms with Gasteiger partial charge in [0, 0.05) is 24.1 Å². The van der Waals surface area contributed by atoms with Gasteiger partial charge in [0.05, 0.1) is 25.7 Å². The van der Waals surface area contributed by atoms with Crippen LogP contribution in [0.3, 0.4) is 0 Å².